The Bertz CT molecular complexity index is 1840. The molecule has 0 spiro atoms. The Kier molecular flexibility index (Phi) is 58.8. The van der Waals surface area contributed by atoms with Crippen molar-refractivity contribution in [1.29, 1.82) is 0 Å². The summed E-state index contributed by atoms with van der Waals surface area (Å²) in [5.41, 5.74) is 0. The maximum Gasteiger partial charge on any atom is 0.472 e. The molecule has 524 valence electrons. The van der Waals surface area contributed by atoms with E-state index in [0.29, 0.717) is 31.6 Å². The first-order valence-corrected chi connectivity index (χ1v) is 38.7. The van der Waals surface area contributed by atoms with Crippen molar-refractivity contribution in [3.63, 3.8) is 0 Å². The predicted molar refractivity (Wildman–Crippen MR) is 358 cm³/mol. The molecule has 17 nitrogen and oxygen atoms in total. The van der Waals surface area contributed by atoms with Gasteiger partial charge in [0, 0.05) is 25.7 Å². The van der Waals surface area contributed by atoms with Crippen LogP contribution in [0.2, 0.25) is 0 Å². The van der Waals surface area contributed by atoms with Crippen LogP contribution < -0.4 is 0 Å². The van der Waals surface area contributed by atoms with Gasteiger partial charge in [-0.2, -0.15) is 0 Å². The summed E-state index contributed by atoms with van der Waals surface area (Å²) in [6.07, 6.45) is 46.7. The second-order valence-electron chi connectivity index (χ2n) is 25.8. The first-order chi connectivity index (χ1) is 42.8. The molecule has 0 aromatic rings. The largest absolute Gasteiger partial charge is 0.472 e. The Morgan fingerprint density at radius 1 is 0.371 bits per heavy atom. The van der Waals surface area contributed by atoms with Crippen LogP contribution in [0, 0.1) is 17.8 Å². The van der Waals surface area contributed by atoms with Crippen LogP contribution >= 0.6 is 15.6 Å². The van der Waals surface area contributed by atoms with Gasteiger partial charge in [-0.3, -0.25) is 37.3 Å². The molecule has 0 aliphatic heterocycles. The molecule has 0 saturated heterocycles. The second-order valence-corrected chi connectivity index (χ2v) is 28.7. The van der Waals surface area contributed by atoms with Gasteiger partial charge in [0.25, 0.3) is 0 Å². The van der Waals surface area contributed by atoms with Gasteiger partial charge in [0.15, 0.2) is 12.2 Å². The fraction of sp³-hybridized carbons (Fsp3) is 0.886. The van der Waals surface area contributed by atoms with E-state index in [1.807, 2.05) is 0 Å². The van der Waals surface area contributed by atoms with Gasteiger partial charge in [-0.15, -0.1) is 0 Å². The second kappa shape index (κ2) is 60.5. The highest BCUT2D eigenvalue weighted by molar-refractivity contribution is 7.47. The minimum atomic E-state index is -4.96. The molecule has 3 unspecified atom stereocenters. The van der Waals surface area contributed by atoms with Crippen LogP contribution in [0.3, 0.4) is 0 Å². The zero-order valence-corrected chi connectivity index (χ0v) is 59.2. The lowest BCUT2D eigenvalue weighted by Gasteiger charge is -2.21. The molecule has 0 saturated carbocycles. The van der Waals surface area contributed by atoms with Crippen molar-refractivity contribution in [2.24, 2.45) is 17.8 Å². The summed E-state index contributed by atoms with van der Waals surface area (Å²) in [7, 11) is -9.91. The van der Waals surface area contributed by atoms with Crippen LogP contribution in [0.1, 0.15) is 325 Å². The van der Waals surface area contributed by atoms with Gasteiger partial charge < -0.3 is 33.8 Å². The SMILES string of the molecule is CCCCCC/C=C\C=C/CCCCCCCC(=O)O[C@H](COC(=O)CCCCCCCCCC(C)C)COP(=O)(O)OC[C@@H](O)COP(=O)(O)OC[C@@H](COC(=O)CCCCCCCCC(C)CC)OC(=O)CCCCCCCCCCCCCC(C)C. The Labute approximate surface area is 542 Å². The topological polar surface area (TPSA) is 237 Å². The Hall–Kier alpha value is -2.46. The van der Waals surface area contributed by atoms with E-state index in [0.717, 1.165) is 127 Å². The maximum atomic E-state index is 13.0. The Morgan fingerprint density at radius 3 is 1.00 bits per heavy atom. The van der Waals surface area contributed by atoms with Crippen LogP contribution in [0.25, 0.3) is 0 Å². The molecule has 0 heterocycles. The third kappa shape index (κ3) is 62.7. The lowest BCUT2D eigenvalue weighted by Crippen LogP contribution is -2.30. The first-order valence-electron chi connectivity index (χ1n) is 35.7. The van der Waals surface area contributed by atoms with Gasteiger partial charge in [0.2, 0.25) is 0 Å². The van der Waals surface area contributed by atoms with E-state index < -0.39 is 97.5 Å². The van der Waals surface area contributed by atoms with Gasteiger partial charge in [-0.1, -0.05) is 272 Å². The molecule has 0 aliphatic carbocycles. The van der Waals surface area contributed by atoms with Crippen molar-refractivity contribution >= 4 is 39.5 Å². The van der Waals surface area contributed by atoms with Crippen LogP contribution in [-0.2, 0) is 65.4 Å². The summed E-state index contributed by atoms with van der Waals surface area (Å²) in [5, 5.41) is 10.6. The summed E-state index contributed by atoms with van der Waals surface area (Å²) in [5.74, 6) is 0.0352. The number of phosphoric ester groups is 2. The number of rotatable bonds is 66. The summed E-state index contributed by atoms with van der Waals surface area (Å²) in [6, 6.07) is 0. The zero-order valence-electron chi connectivity index (χ0n) is 57.4. The van der Waals surface area contributed by atoms with Crippen molar-refractivity contribution in [3.8, 4) is 0 Å². The molecule has 0 rings (SSSR count). The Balaban J connectivity index is 5.29. The first kappa shape index (κ1) is 86.5. The number of aliphatic hydroxyl groups excluding tert-OH is 1. The predicted octanol–water partition coefficient (Wildman–Crippen LogP) is 19.4. The average molecular weight is 1310 g/mol. The number of hydrogen-bond donors (Lipinski definition) is 3. The van der Waals surface area contributed by atoms with Gasteiger partial charge >= 0.3 is 39.5 Å². The standard InChI is InChI=1S/C70H132O17P2/c1-8-10-11-12-13-14-15-16-17-18-21-24-29-39-46-53-69(74)86-65(57-80-67(72)51-44-37-31-26-28-35-42-49-62(5)6)59-84-88(76,77)82-55-64(71)56-83-89(78,79)85-60-66(58-81-68(73)52-45-38-33-32-36-43-50-63(7)9-2)87-70(75)54-47-40-30-25-22-19-20-23-27-34-41-48-61(3)4/h14-17,61-66,71H,8-13,18-60H2,1-7H3,(H,76,77)(H,78,79)/b15-14-,17-16-/t63?,64-,65-,66-/m1/s1. The van der Waals surface area contributed by atoms with Crippen molar-refractivity contribution in [2.45, 2.75) is 343 Å². The van der Waals surface area contributed by atoms with Crippen molar-refractivity contribution in [2.75, 3.05) is 39.6 Å². The van der Waals surface area contributed by atoms with E-state index in [1.165, 1.54) is 109 Å². The van der Waals surface area contributed by atoms with Crippen LogP contribution in [-0.4, -0.2) is 96.7 Å². The van der Waals surface area contributed by atoms with Crippen LogP contribution in [0.5, 0.6) is 0 Å². The maximum absolute atomic E-state index is 13.0. The number of carbonyl (C=O) groups is 4. The zero-order chi connectivity index (χ0) is 65.9. The summed E-state index contributed by atoms with van der Waals surface area (Å²) >= 11 is 0. The molecule has 0 aromatic carbocycles. The number of phosphoric acid groups is 2. The minimum absolute atomic E-state index is 0.0837. The molecule has 0 fully saturated rings. The molecule has 6 atom stereocenters. The minimum Gasteiger partial charge on any atom is -0.462 e. The third-order valence-corrected chi connectivity index (χ3v) is 17.8. The van der Waals surface area contributed by atoms with Crippen LogP contribution in [0.15, 0.2) is 24.3 Å². The number of hydrogen-bond acceptors (Lipinski definition) is 15. The number of carbonyl (C=O) groups excluding carboxylic acids is 4. The molecule has 89 heavy (non-hydrogen) atoms. The Morgan fingerprint density at radius 2 is 0.663 bits per heavy atom. The lowest BCUT2D eigenvalue weighted by molar-refractivity contribution is -0.161. The number of allylic oxidation sites excluding steroid dienone is 4. The average Bonchev–Trinajstić information content (AvgIpc) is 3.70. The molecule has 0 aliphatic rings. The van der Waals surface area contributed by atoms with Crippen molar-refractivity contribution in [1.82, 2.24) is 0 Å². The highest BCUT2D eigenvalue weighted by Crippen LogP contribution is 2.45. The molecule has 0 amide bonds. The lowest BCUT2D eigenvalue weighted by atomic mass is 10.00. The van der Waals surface area contributed by atoms with Gasteiger partial charge in [0.1, 0.15) is 19.3 Å². The highest BCUT2D eigenvalue weighted by Gasteiger charge is 2.30. The van der Waals surface area contributed by atoms with E-state index in [2.05, 4.69) is 72.8 Å². The van der Waals surface area contributed by atoms with Gasteiger partial charge in [-0.05, 0) is 69.1 Å². The third-order valence-electron chi connectivity index (χ3n) is 15.9. The van der Waals surface area contributed by atoms with E-state index in [9.17, 15) is 43.2 Å². The smallest absolute Gasteiger partial charge is 0.462 e. The molecule has 0 aromatic heterocycles. The number of aliphatic hydroxyl groups is 1. The van der Waals surface area contributed by atoms with Crippen LogP contribution in [0.4, 0.5) is 0 Å². The number of ether oxygens (including phenoxy) is 4. The van der Waals surface area contributed by atoms with E-state index in [4.69, 9.17) is 37.0 Å². The molecule has 19 heteroatoms. The molecule has 0 bridgehead atoms. The molecular weight excluding hydrogens is 1170 g/mol. The summed E-state index contributed by atoms with van der Waals surface area (Å²) in [4.78, 5) is 72.5. The summed E-state index contributed by atoms with van der Waals surface area (Å²) in [6.45, 7) is 11.7. The highest BCUT2D eigenvalue weighted by atomic mass is 31.2. The normalized spacial score (nSPS) is 14.7. The monoisotopic (exact) mass is 1310 g/mol. The van der Waals surface area contributed by atoms with Crippen molar-refractivity contribution in [3.05, 3.63) is 24.3 Å². The van der Waals surface area contributed by atoms with E-state index in [1.54, 1.807) is 0 Å². The molecule has 0 radical (unpaired) electrons. The van der Waals surface area contributed by atoms with Gasteiger partial charge in [0.05, 0.1) is 26.4 Å². The van der Waals surface area contributed by atoms with Crippen molar-refractivity contribution < 1.29 is 80.2 Å². The number of esters is 4. The fourth-order valence-corrected chi connectivity index (χ4v) is 11.5. The molecule has 3 N–H and O–H groups in total. The van der Waals surface area contributed by atoms with E-state index >= 15 is 0 Å². The van der Waals surface area contributed by atoms with Gasteiger partial charge in [-0.25, -0.2) is 9.13 Å². The van der Waals surface area contributed by atoms with E-state index in [-0.39, 0.29) is 25.7 Å². The number of unbranched alkanes of at least 4 members (excludes halogenated alkanes) is 30. The quantitative estimate of drug-likeness (QED) is 0.0169. The molecular formula is C70H132O17P2. The fourth-order valence-electron chi connectivity index (χ4n) is 9.97. The summed E-state index contributed by atoms with van der Waals surface area (Å²) < 4.78 is 68.2.